The van der Waals surface area contributed by atoms with Gasteiger partial charge in [-0.2, -0.15) is 0 Å². The van der Waals surface area contributed by atoms with Gasteiger partial charge in [0.15, 0.2) is 0 Å². The lowest BCUT2D eigenvalue weighted by Gasteiger charge is -2.16. The van der Waals surface area contributed by atoms with Crippen molar-refractivity contribution in [2.24, 2.45) is 0 Å². The van der Waals surface area contributed by atoms with Crippen LogP contribution in [-0.4, -0.2) is 6.29 Å². The van der Waals surface area contributed by atoms with E-state index in [0.717, 1.165) is 6.29 Å². The van der Waals surface area contributed by atoms with Gasteiger partial charge in [-0.1, -0.05) is 72.8 Å². The molecule has 1 aromatic carbocycles. The van der Waals surface area contributed by atoms with Crippen molar-refractivity contribution < 1.29 is 13.6 Å². The van der Waals surface area contributed by atoms with Crippen molar-refractivity contribution in [3.05, 3.63) is 128 Å². The molecule has 0 unspecified atom stereocenters. The van der Waals surface area contributed by atoms with E-state index in [0.29, 0.717) is 44.9 Å². The maximum absolute atomic E-state index is 13.0. The van der Waals surface area contributed by atoms with Crippen LogP contribution in [0.3, 0.4) is 0 Å². The van der Waals surface area contributed by atoms with Crippen molar-refractivity contribution in [3.63, 3.8) is 0 Å². The van der Waals surface area contributed by atoms with E-state index >= 15 is 0 Å². The van der Waals surface area contributed by atoms with Gasteiger partial charge in [0.25, 0.3) is 0 Å². The highest BCUT2D eigenvalue weighted by atomic mass is 16.4. The Morgan fingerprint density at radius 2 is 1.10 bits per heavy atom. The standard InChI is InChI=1S/C26H16O5/c27-15-16-11-13-17(14-12-16)22(23-18-7-3-1-5-9-20(18)30-25(23)28)24-19-8-4-2-6-10-21(19)31-26(24)29/h1-15,22H. The van der Waals surface area contributed by atoms with Crippen LogP contribution in [0.2, 0.25) is 0 Å². The van der Waals surface area contributed by atoms with Crippen molar-refractivity contribution in [3.8, 4) is 22.6 Å². The minimum absolute atomic E-state index is 0.358. The third-order valence-corrected chi connectivity index (χ3v) is 5.41. The van der Waals surface area contributed by atoms with E-state index in [1.807, 2.05) is 24.3 Å². The number of rotatable bonds is 4. The highest BCUT2D eigenvalue weighted by Gasteiger charge is 2.33. The molecule has 4 aliphatic rings. The first kappa shape index (κ1) is 18.8. The number of hydrogen-bond acceptors (Lipinski definition) is 5. The number of carbonyl (C=O) groups is 1. The number of fused-ring (bicyclic) bond motifs is 2. The molecule has 2 heterocycles. The molecule has 0 fully saturated rings. The number of hydrogen-bond donors (Lipinski definition) is 0. The van der Waals surface area contributed by atoms with Crippen LogP contribution in [0.1, 0.15) is 33.0 Å². The first-order chi connectivity index (χ1) is 15.2. The maximum Gasteiger partial charge on any atom is 0.341 e. The van der Waals surface area contributed by atoms with Crippen molar-refractivity contribution in [2.45, 2.75) is 5.92 Å². The molecule has 1 aromatic rings. The first-order valence-electron chi connectivity index (χ1n) is 9.76. The van der Waals surface area contributed by atoms with Gasteiger partial charge in [0.1, 0.15) is 17.8 Å². The Balaban J connectivity index is 1.85. The summed E-state index contributed by atoms with van der Waals surface area (Å²) in [7, 11) is 0. The normalized spacial score (nSPS) is 11.3. The lowest BCUT2D eigenvalue weighted by Crippen LogP contribution is -2.17. The maximum atomic E-state index is 13.0. The summed E-state index contributed by atoms with van der Waals surface area (Å²) in [6.07, 6.45) is 0.747. The molecule has 0 saturated heterocycles. The van der Waals surface area contributed by atoms with Crippen LogP contribution in [0.15, 0.2) is 103 Å². The van der Waals surface area contributed by atoms with E-state index in [1.165, 1.54) is 0 Å². The summed E-state index contributed by atoms with van der Waals surface area (Å²) in [6.45, 7) is 0. The Hall–Kier alpha value is -4.25. The Labute approximate surface area is 176 Å². The molecule has 150 valence electrons. The predicted octanol–water partition coefficient (Wildman–Crippen LogP) is 4.80. The van der Waals surface area contributed by atoms with Gasteiger partial charge in [-0.3, -0.25) is 4.79 Å². The van der Waals surface area contributed by atoms with Crippen LogP contribution in [-0.2, 0) is 0 Å². The van der Waals surface area contributed by atoms with Crippen LogP contribution in [0.4, 0.5) is 0 Å². The van der Waals surface area contributed by atoms with Gasteiger partial charge in [-0.15, -0.1) is 0 Å². The molecule has 0 aromatic heterocycles. The largest absolute Gasteiger partial charge is 0.422 e. The summed E-state index contributed by atoms with van der Waals surface area (Å²) in [5.41, 5.74) is 2.11. The summed E-state index contributed by atoms with van der Waals surface area (Å²) in [4.78, 5) is 37.2. The average Bonchev–Trinajstić information content (AvgIpc) is 3.03. The van der Waals surface area contributed by atoms with Gasteiger partial charge in [0, 0.05) is 22.6 Å². The predicted molar refractivity (Wildman–Crippen MR) is 116 cm³/mol. The van der Waals surface area contributed by atoms with Gasteiger partial charge in [-0.05, 0) is 17.7 Å². The summed E-state index contributed by atoms with van der Waals surface area (Å²) in [5.74, 6) is 0.142. The van der Waals surface area contributed by atoms with Crippen LogP contribution < -0.4 is 11.3 Å². The van der Waals surface area contributed by atoms with Crippen molar-refractivity contribution in [1.82, 2.24) is 0 Å². The SMILES string of the molecule is O=Cc1ccc(C(c2c3cccccc-3oc2=O)c2c3cccccc-3oc2=O)cc1. The summed E-state index contributed by atoms with van der Waals surface area (Å²) >= 11 is 0. The lowest BCUT2D eigenvalue weighted by atomic mass is 9.82. The molecule has 0 bridgehead atoms. The Morgan fingerprint density at radius 1 is 0.613 bits per heavy atom. The number of furan rings is 2. The van der Waals surface area contributed by atoms with E-state index in [1.54, 1.807) is 60.7 Å². The molecular formula is C26H16O5. The quantitative estimate of drug-likeness (QED) is 0.400. The van der Waals surface area contributed by atoms with Gasteiger partial charge in [0.05, 0.1) is 11.1 Å². The molecule has 5 heteroatoms. The number of carbonyl (C=O) groups excluding carboxylic acids is 1. The molecule has 0 spiro atoms. The Morgan fingerprint density at radius 3 is 1.58 bits per heavy atom. The monoisotopic (exact) mass is 408 g/mol. The van der Waals surface area contributed by atoms with E-state index in [9.17, 15) is 14.4 Å². The zero-order chi connectivity index (χ0) is 21.4. The Kier molecular flexibility index (Phi) is 4.56. The molecular weight excluding hydrogens is 392 g/mol. The zero-order valence-corrected chi connectivity index (χ0v) is 16.3. The van der Waals surface area contributed by atoms with Gasteiger partial charge >= 0.3 is 11.3 Å². The molecule has 31 heavy (non-hydrogen) atoms. The lowest BCUT2D eigenvalue weighted by molar-refractivity contribution is 0.112. The average molecular weight is 408 g/mol. The van der Waals surface area contributed by atoms with Crippen molar-refractivity contribution in [1.29, 1.82) is 0 Å². The molecule has 5 rings (SSSR count). The topological polar surface area (TPSA) is 77.5 Å². The summed E-state index contributed by atoms with van der Waals surface area (Å²) in [5, 5.41) is 0. The molecule has 2 aliphatic heterocycles. The highest BCUT2D eigenvalue weighted by Crippen LogP contribution is 2.40. The van der Waals surface area contributed by atoms with E-state index in [-0.39, 0.29) is 0 Å². The minimum Gasteiger partial charge on any atom is -0.422 e. The smallest absolute Gasteiger partial charge is 0.341 e. The second kappa shape index (κ2) is 7.54. The Bertz CT molecular complexity index is 1360. The van der Waals surface area contributed by atoms with Crippen LogP contribution in [0.5, 0.6) is 0 Å². The van der Waals surface area contributed by atoms with Crippen molar-refractivity contribution >= 4 is 6.29 Å². The molecule has 0 saturated carbocycles. The van der Waals surface area contributed by atoms with Crippen LogP contribution in [0, 0.1) is 0 Å². The van der Waals surface area contributed by atoms with Gasteiger partial charge < -0.3 is 8.83 Å². The second-order valence-corrected chi connectivity index (χ2v) is 7.20. The summed E-state index contributed by atoms with van der Waals surface area (Å²) < 4.78 is 11.1. The van der Waals surface area contributed by atoms with Gasteiger partial charge in [0.2, 0.25) is 0 Å². The third kappa shape index (κ3) is 3.16. The molecule has 5 nitrogen and oxygen atoms in total. The summed E-state index contributed by atoms with van der Waals surface area (Å²) in [6, 6.07) is 24.7. The van der Waals surface area contributed by atoms with Crippen LogP contribution >= 0.6 is 0 Å². The minimum atomic E-state index is -0.729. The van der Waals surface area contributed by atoms with Crippen molar-refractivity contribution in [2.75, 3.05) is 0 Å². The van der Waals surface area contributed by atoms with E-state index in [2.05, 4.69) is 0 Å². The van der Waals surface area contributed by atoms with Gasteiger partial charge in [-0.25, -0.2) is 9.59 Å². The van der Waals surface area contributed by atoms with Crippen LogP contribution in [0.25, 0.3) is 22.6 Å². The fraction of sp³-hybridized carbons (Fsp3) is 0.0385. The van der Waals surface area contributed by atoms with E-state index < -0.39 is 17.2 Å². The molecule has 0 radical (unpaired) electrons. The highest BCUT2D eigenvalue weighted by molar-refractivity contribution is 5.76. The number of aldehydes is 1. The fourth-order valence-corrected chi connectivity index (χ4v) is 4.01. The third-order valence-electron chi connectivity index (χ3n) is 5.41. The second-order valence-electron chi connectivity index (χ2n) is 7.20. The first-order valence-corrected chi connectivity index (χ1v) is 9.76. The molecule has 2 aliphatic carbocycles. The molecule has 0 amide bonds. The number of benzene rings is 1. The molecule has 0 atom stereocenters. The molecule has 0 N–H and O–H groups in total. The fourth-order valence-electron chi connectivity index (χ4n) is 4.01. The van der Waals surface area contributed by atoms with E-state index in [4.69, 9.17) is 8.83 Å². The zero-order valence-electron chi connectivity index (χ0n) is 16.3.